The van der Waals surface area contributed by atoms with Crippen molar-refractivity contribution in [3.05, 3.63) is 0 Å². The van der Waals surface area contributed by atoms with Crippen LogP contribution in [0, 0.1) is 5.92 Å². The Morgan fingerprint density at radius 2 is 2.00 bits per heavy atom. The Balaban J connectivity index is 2.26. The number of carbonyl (C=O) groups excluding carboxylic acids is 1. The molecule has 3 N–H and O–H groups in total. The molecule has 0 bridgehead atoms. The van der Waals surface area contributed by atoms with Crippen LogP contribution >= 0.6 is 0 Å². The van der Waals surface area contributed by atoms with Gasteiger partial charge in [0.1, 0.15) is 0 Å². The topological polar surface area (TPSA) is 86.4 Å². The molecule has 1 fully saturated rings. The van der Waals surface area contributed by atoms with Gasteiger partial charge >= 0.3 is 0 Å². The van der Waals surface area contributed by atoms with E-state index in [0.29, 0.717) is 12.3 Å². The predicted molar refractivity (Wildman–Crippen MR) is 45.6 cm³/mol. The molecule has 1 rings (SSSR count). The largest absolute Gasteiger partial charge is 0.548 e. The second-order valence-electron chi connectivity index (χ2n) is 3.84. The average molecular weight is 186 g/mol. The fourth-order valence-corrected chi connectivity index (χ4v) is 1.84. The first kappa shape index (κ1) is 10.5. The fourth-order valence-electron chi connectivity index (χ4n) is 1.84. The molecule has 13 heavy (non-hydrogen) atoms. The van der Waals surface area contributed by atoms with Gasteiger partial charge in [-0.1, -0.05) is 0 Å². The lowest BCUT2D eigenvalue weighted by molar-refractivity contribution is -0.307. The molecule has 1 saturated carbocycles. The van der Waals surface area contributed by atoms with Gasteiger partial charge in [-0.2, -0.15) is 0 Å². The van der Waals surface area contributed by atoms with Gasteiger partial charge < -0.3 is 20.7 Å². The number of hydrogen-bond acceptors (Lipinski definition) is 4. The maximum atomic E-state index is 10.4. The molecule has 1 unspecified atom stereocenters. The Morgan fingerprint density at radius 3 is 2.46 bits per heavy atom. The van der Waals surface area contributed by atoms with E-state index in [1.54, 1.807) is 0 Å². The first-order valence-electron chi connectivity index (χ1n) is 4.74. The molecule has 0 radical (unpaired) electrons. The van der Waals surface area contributed by atoms with Crippen molar-refractivity contribution in [2.45, 2.75) is 44.2 Å². The summed E-state index contributed by atoms with van der Waals surface area (Å²) >= 11 is 0. The summed E-state index contributed by atoms with van der Waals surface area (Å²) in [6.45, 7) is 0. The molecule has 1 aliphatic carbocycles. The van der Waals surface area contributed by atoms with Crippen LogP contribution in [0.25, 0.3) is 0 Å². The molecule has 0 aromatic heterocycles. The summed E-state index contributed by atoms with van der Waals surface area (Å²) in [6.07, 6.45) is 3.57. The zero-order chi connectivity index (χ0) is 9.84. The van der Waals surface area contributed by atoms with Crippen LogP contribution < -0.4 is 10.8 Å². The molecule has 0 aromatic rings. The van der Waals surface area contributed by atoms with Crippen molar-refractivity contribution in [2.75, 3.05) is 0 Å². The van der Waals surface area contributed by atoms with Crippen molar-refractivity contribution in [3.63, 3.8) is 0 Å². The lowest BCUT2D eigenvalue weighted by Crippen LogP contribution is -2.43. The van der Waals surface area contributed by atoms with E-state index in [9.17, 15) is 15.0 Å². The monoisotopic (exact) mass is 186 g/mol. The lowest BCUT2D eigenvalue weighted by Gasteiger charge is -2.27. The first-order chi connectivity index (χ1) is 6.09. The molecule has 0 heterocycles. The quantitative estimate of drug-likeness (QED) is 0.592. The van der Waals surface area contributed by atoms with Crippen LogP contribution in [0.4, 0.5) is 0 Å². The highest BCUT2D eigenvalue weighted by atomic mass is 16.4. The Hall–Kier alpha value is -0.610. The van der Waals surface area contributed by atoms with Crippen molar-refractivity contribution < 1.29 is 15.0 Å². The van der Waals surface area contributed by atoms with Crippen molar-refractivity contribution in [3.8, 4) is 0 Å². The van der Waals surface area contributed by atoms with E-state index in [1.807, 2.05) is 0 Å². The van der Waals surface area contributed by atoms with Gasteiger partial charge in [-0.15, -0.1) is 0 Å². The molecule has 0 aliphatic heterocycles. The van der Waals surface area contributed by atoms with E-state index in [1.165, 1.54) is 0 Å². The predicted octanol–water partition coefficient (Wildman–Crippen LogP) is -0.995. The smallest absolute Gasteiger partial charge is 0.0582 e. The Bertz CT molecular complexity index is 176. The number of nitrogens with two attached hydrogens (primary N) is 1. The number of rotatable bonds is 3. The highest BCUT2D eigenvalue weighted by Gasteiger charge is 2.21. The maximum Gasteiger partial charge on any atom is 0.0582 e. The summed E-state index contributed by atoms with van der Waals surface area (Å²) in [5.41, 5.74) is 5.36. The Morgan fingerprint density at radius 1 is 1.46 bits per heavy atom. The van der Waals surface area contributed by atoms with E-state index in [0.717, 1.165) is 25.7 Å². The molecule has 4 nitrogen and oxygen atoms in total. The lowest BCUT2D eigenvalue weighted by atomic mass is 9.83. The number of carboxylic acid groups (broad SMARTS) is 1. The molecule has 0 amide bonds. The van der Waals surface area contributed by atoms with Gasteiger partial charge in [-0.05, 0) is 38.0 Å². The van der Waals surface area contributed by atoms with Crippen LogP contribution in [-0.4, -0.2) is 23.2 Å². The number of aliphatic hydroxyl groups is 1. The van der Waals surface area contributed by atoms with Crippen molar-refractivity contribution in [1.29, 1.82) is 0 Å². The van der Waals surface area contributed by atoms with Crippen molar-refractivity contribution >= 4 is 5.97 Å². The van der Waals surface area contributed by atoms with Crippen molar-refractivity contribution in [1.82, 2.24) is 0 Å². The van der Waals surface area contributed by atoms with Gasteiger partial charge in [-0.3, -0.25) is 0 Å². The van der Waals surface area contributed by atoms with Gasteiger partial charge in [0.25, 0.3) is 0 Å². The van der Waals surface area contributed by atoms with Gasteiger partial charge in [0.05, 0.1) is 12.1 Å². The summed E-state index contributed by atoms with van der Waals surface area (Å²) in [5, 5.41) is 19.6. The summed E-state index contributed by atoms with van der Waals surface area (Å²) in [5.74, 6) is -0.831. The van der Waals surface area contributed by atoms with Gasteiger partial charge in [-0.25, -0.2) is 0 Å². The zero-order valence-corrected chi connectivity index (χ0v) is 7.61. The van der Waals surface area contributed by atoms with Crippen LogP contribution in [0.15, 0.2) is 0 Å². The Labute approximate surface area is 77.7 Å². The standard InChI is InChI=1S/C9H17NO3/c10-8(9(12)13)5-6-1-3-7(11)4-2-6/h6-8,11H,1-5,10H2,(H,12,13)/p-1. The molecule has 0 saturated heterocycles. The zero-order valence-electron chi connectivity index (χ0n) is 7.61. The number of aliphatic hydroxyl groups excluding tert-OH is 1. The second-order valence-corrected chi connectivity index (χ2v) is 3.84. The van der Waals surface area contributed by atoms with E-state index >= 15 is 0 Å². The van der Waals surface area contributed by atoms with Crippen LogP contribution in [0.5, 0.6) is 0 Å². The van der Waals surface area contributed by atoms with Gasteiger partial charge in [0, 0.05) is 6.04 Å². The van der Waals surface area contributed by atoms with Crippen LogP contribution in [0.2, 0.25) is 0 Å². The molecule has 76 valence electrons. The molecule has 1 aliphatic rings. The number of hydrogen-bond donors (Lipinski definition) is 2. The van der Waals surface area contributed by atoms with E-state index in [-0.39, 0.29) is 6.10 Å². The highest BCUT2D eigenvalue weighted by molar-refractivity contribution is 5.70. The number of carboxylic acids is 1. The molecule has 1 atom stereocenters. The fraction of sp³-hybridized carbons (Fsp3) is 0.889. The van der Waals surface area contributed by atoms with Crippen LogP contribution in [0.1, 0.15) is 32.1 Å². The molecular formula is C9H16NO3-. The first-order valence-corrected chi connectivity index (χ1v) is 4.74. The minimum absolute atomic E-state index is 0.199. The van der Waals surface area contributed by atoms with E-state index in [2.05, 4.69) is 0 Å². The third-order valence-electron chi connectivity index (χ3n) is 2.71. The van der Waals surface area contributed by atoms with Crippen LogP contribution in [0.3, 0.4) is 0 Å². The number of carbonyl (C=O) groups is 1. The third-order valence-corrected chi connectivity index (χ3v) is 2.71. The second kappa shape index (κ2) is 4.58. The molecular weight excluding hydrogens is 170 g/mol. The maximum absolute atomic E-state index is 10.4. The van der Waals surface area contributed by atoms with Crippen LogP contribution in [-0.2, 0) is 4.79 Å². The highest BCUT2D eigenvalue weighted by Crippen LogP contribution is 2.27. The average Bonchev–Trinajstić information content (AvgIpc) is 2.08. The van der Waals surface area contributed by atoms with E-state index < -0.39 is 12.0 Å². The summed E-state index contributed by atoms with van der Waals surface area (Å²) < 4.78 is 0. The van der Waals surface area contributed by atoms with Gasteiger partial charge in [0.15, 0.2) is 0 Å². The summed E-state index contributed by atoms with van der Waals surface area (Å²) in [7, 11) is 0. The number of aliphatic carboxylic acids is 1. The minimum atomic E-state index is -1.17. The molecule has 0 spiro atoms. The third kappa shape index (κ3) is 3.32. The minimum Gasteiger partial charge on any atom is -0.548 e. The summed E-state index contributed by atoms with van der Waals surface area (Å²) in [6, 6.07) is -0.847. The SMILES string of the molecule is NC(CC1CCC(O)CC1)C(=O)[O-]. The summed E-state index contributed by atoms with van der Waals surface area (Å²) in [4.78, 5) is 10.4. The molecule has 4 heteroatoms. The van der Waals surface area contributed by atoms with Crippen molar-refractivity contribution in [2.24, 2.45) is 11.7 Å². The van der Waals surface area contributed by atoms with Gasteiger partial charge in [0.2, 0.25) is 0 Å². The normalized spacial score (nSPS) is 31.2. The Kier molecular flexibility index (Phi) is 3.69. The molecule has 0 aromatic carbocycles. The van der Waals surface area contributed by atoms with E-state index in [4.69, 9.17) is 5.73 Å².